The van der Waals surface area contributed by atoms with E-state index in [0.717, 1.165) is 31.5 Å². The quantitative estimate of drug-likeness (QED) is 0.595. The van der Waals surface area contributed by atoms with Crippen molar-refractivity contribution in [1.82, 2.24) is 9.78 Å². The molecule has 1 amide bonds. The second-order valence-electron chi connectivity index (χ2n) is 5.99. The first-order valence-corrected chi connectivity index (χ1v) is 8.85. The number of amides is 1. The zero-order valence-corrected chi connectivity index (χ0v) is 15.4. The average Bonchev–Trinajstić information content (AvgIpc) is 3.13. The summed E-state index contributed by atoms with van der Waals surface area (Å²) in [6.45, 7) is 0.613. The van der Waals surface area contributed by atoms with E-state index in [1.54, 1.807) is 4.68 Å². The van der Waals surface area contributed by atoms with Crippen molar-refractivity contribution in [3.05, 3.63) is 69.6 Å². The molecule has 4 rings (SSSR count). The molecule has 0 aliphatic carbocycles. The minimum Gasteiger partial charge on any atom is -0.307 e. The number of aromatic nitrogens is 2. The van der Waals surface area contributed by atoms with E-state index >= 15 is 0 Å². The van der Waals surface area contributed by atoms with Gasteiger partial charge in [-0.3, -0.25) is 9.48 Å². The number of hydrogen-bond donors (Lipinski definition) is 0. The van der Waals surface area contributed by atoms with Crippen LogP contribution in [0.5, 0.6) is 0 Å². The molecule has 1 aliphatic rings. The molecule has 0 saturated carbocycles. The van der Waals surface area contributed by atoms with Crippen LogP contribution in [-0.2, 0) is 24.8 Å². The summed E-state index contributed by atoms with van der Waals surface area (Å²) in [5.41, 5.74) is 5.56. The third kappa shape index (κ3) is 2.73. The number of hydrogen-bond acceptors (Lipinski definition) is 2. The first-order valence-electron chi connectivity index (χ1n) is 7.77. The largest absolute Gasteiger partial charge is 0.307 e. The predicted octanol–water partition coefficient (Wildman–Crippen LogP) is 3.78. The van der Waals surface area contributed by atoms with E-state index in [-0.39, 0.29) is 5.91 Å². The Morgan fingerprint density at radius 1 is 1.17 bits per heavy atom. The Bertz CT molecular complexity index is 932. The summed E-state index contributed by atoms with van der Waals surface area (Å²) in [6.07, 6.45) is 4.37. The van der Waals surface area contributed by atoms with E-state index in [0.29, 0.717) is 13.0 Å². The van der Waals surface area contributed by atoms with Crippen LogP contribution in [0.25, 0.3) is 11.1 Å². The van der Waals surface area contributed by atoms with Crippen LogP contribution in [0.4, 0.5) is 5.69 Å². The summed E-state index contributed by atoms with van der Waals surface area (Å²) in [7, 11) is 1.92. The Kier molecular flexibility index (Phi) is 3.88. The van der Waals surface area contributed by atoms with E-state index in [4.69, 9.17) is 0 Å². The molecule has 4 nitrogen and oxygen atoms in total. The van der Waals surface area contributed by atoms with Gasteiger partial charge in [-0.25, -0.2) is 0 Å². The van der Waals surface area contributed by atoms with Crippen LogP contribution < -0.4 is 4.90 Å². The van der Waals surface area contributed by atoms with E-state index in [1.807, 2.05) is 48.6 Å². The van der Waals surface area contributed by atoms with Crippen LogP contribution >= 0.6 is 22.6 Å². The van der Waals surface area contributed by atoms with Gasteiger partial charge in [0.15, 0.2) is 0 Å². The molecule has 1 aromatic heterocycles. The molecule has 0 bridgehead atoms. The summed E-state index contributed by atoms with van der Waals surface area (Å²) in [6, 6.07) is 14.4. The number of anilines is 1. The van der Waals surface area contributed by atoms with Crippen LogP contribution in [0.2, 0.25) is 0 Å². The monoisotopic (exact) mass is 429 g/mol. The van der Waals surface area contributed by atoms with E-state index in [9.17, 15) is 4.79 Å². The number of carbonyl (C=O) groups is 1. The molecule has 5 heteroatoms. The van der Waals surface area contributed by atoms with Gasteiger partial charge in [-0.1, -0.05) is 30.3 Å². The Balaban J connectivity index is 1.63. The fraction of sp³-hybridized carbons (Fsp3) is 0.158. The van der Waals surface area contributed by atoms with Crippen LogP contribution in [0.15, 0.2) is 54.9 Å². The number of halogens is 1. The van der Waals surface area contributed by atoms with Gasteiger partial charge < -0.3 is 4.90 Å². The van der Waals surface area contributed by atoms with Gasteiger partial charge in [-0.05, 0) is 51.4 Å². The van der Waals surface area contributed by atoms with Crippen molar-refractivity contribution in [1.29, 1.82) is 0 Å². The topological polar surface area (TPSA) is 38.1 Å². The lowest BCUT2D eigenvalue weighted by atomic mass is 10.1. The molecule has 0 unspecified atom stereocenters. The van der Waals surface area contributed by atoms with Crippen molar-refractivity contribution in [3.8, 4) is 11.1 Å². The van der Waals surface area contributed by atoms with Gasteiger partial charge in [0.1, 0.15) is 0 Å². The molecule has 24 heavy (non-hydrogen) atoms. The van der Waals surface area contributed by atoms with E-state index in [2.05, 4.69) is 45.9 Å². The third-order valence-corrected chi connectivity index (χ3v) is 5.35. The van der Waals surface area contributed by atoms with Gasteiger partial charge in [0, 0.05) is 28.1 Å². The smallest absolute Gasteiger partial charge is 0.231 e. The summed E-state index contributed by atoms with van der Waals surface area (Å²) in [4.78, 5) is 14.2. The van der Waals surface area contributed by atoms with Gasteiger partial charge in [-0.15, -0.1) is 0 Å². The third-order valence-electron chi connectivity index (χ3n) is 4.34. The molecule has 0 fully saturated rings. The Hall–Kier alpha value is -2.15. The maximum Gasteiger partial charge on any atom is 0.231 e. The van der Waals surface area contributed by atoms with Gasteiger partial charge in [0.05, 0.1) is 19.2 Å². The van der Waals surface area contributed by atoms with E-state index < -0.39 is 0 Å². The number of benzene rings is 2. The maximum atomic E-state index is 12.4. The summed E-state index contributed by atoms with van der Waals surface area (Å²) in [5, 5.41) is 4.22. The van der Waals surface area contributed by atoms with Crippen LogP contribution in [-0.4, -0.2) is 15.7 Å². The van der Waals surface area contributed by atoms with Crippen molar-refractivity contribution in [3.63, 3.8) is 0 Å². The number of para-hydroxylation sites is 1. The van der Waals surface area contributed by atoms with E-state index in [1.165, 1.54) is 0 Å². The molecule has 1 aliphatic heterocycles. The first kappa shape index (κ1) is 15.4. The molecule has 0 radical (unpaired) electrons. The number of rotatable bonds is 3. The Morgan fingerprint density at radius 2 is 2.00 bits per heavy atom. The highest BCUT2D eigenvalue weighted by Gasteiger charge is 2.27. The lowest BCUT2D eigenvalue weighted by Gasteiger charge is -2.18. The van der Waals surface area contributed by atoms with Crippen molar-refractivity contribution >= 4 is 34.2 Å². The molecule has 0 spiro atoms. The van der Waals surface area contributed by atoms with Gasteiger partial charge in [-0.2, -0.15) is 5.10 Å². The Labute approximate surface area is 154 Å². The zero-order valence-electron chi connectivity index (χ0n) is 13.2. The normalized spacial score (nSPS) is 13.4. The minimum atomic E-state index is 0.170. The number of aryl methyl sites for hydroxylation is 1. The molecule has 2 aromatic carbocycles. The minimum absolute atomic E-state index is 0.170. The van der Waals surface area contributed by atoms with Crippen molar-refractivity contribution in [2.24, 2.45) is 7.05 Å². The highest BCUT2D eigenvalue weighted by Crippen LogP contribution is 2.31. The van der Waals surface area contributed by atoms with Crippen molar-refractivity contribution < 1.29 is 4.79 Å². The number of fused-ring (bicyclic) bond motifs is 1. The zero-order chi connectivity index (χ0) is 16.7. The molecule has 0 atom stereocenters. The standard InChI is InChI=1S/C19H16IN3O/c1-22-11-16(10-21-22)13-6-7-15(17(20)8-13)12-23-18-5-3-2-4-14(18)9-19(23)24/h2-8,10-11H,9,12H2,1H3. The molecule has 0 N–H and O–H groups in total. The van der Waals surface area contributed by atoms with Crippen molar-refractivity contribution in [2.75, 3.05) is 4.90 Å². The van der Waals surface area contributed by atoms with Gasteiger partial charge in [0.2, 0.25) is 5.91 Å². The van der Waals surface area contributed by atoms with Gasteiger partial charge in [0.25, 0.3) is 0 Å². The van der Waals surface area contributed by atoms with Gasteiger partial charge >= 0.3 is 0 Å². The van der Waals surface area contributed by atoms with Crippen LogP contribution in [0.1, 0.15) is 11.1 Å². The summed E-state index contributed by atoms with van der Waals surface area (Å²) in [5.74, 6) is 0.170. The summed E-state index contributed by atoms with van der Waals surface area (Å²) >= 11 is 2.35. The molecular formula is C19H16IN3O. The van der Waals surface area contributed by atoms with Crippen LogP contribution in [0, 0.1) is 3.57 Å². The second kappa shape index (κ2) is 6.05. The first-order chi connectivity index (χ1) is 11.6. The van der Waals surface area contributed by atoms with Crippen molar-refractivity contribution in [2.45, 2.75) is 13.0 Å². The summed E-state index contributed by atoms with van der Waals surface area (Å²) < 4.78 is 2.96. The number of carbonyl (C=O) groups excluding carboxylic acids is 1. The molecule has 2 heterocycles. The molecule has 3 aromatic rings. The fourth-order valence-corrected chi connectivity index (χ4v) is 3.77. The number of nitrogens with zero attached hydrogens (tertiary/aromatic N) is 3. The highest BCUT2D eigenvalue weighted by molar-refractivity contribution is 14.1. The highest BCUT2D eigenvalue weighted by atomic mass is 127. The lowest BCUT2D eigenvalue weighted by Crippen LogP contribution is -2.26. The molecule has 0 saturated heterocycles. The molecule has 120 valence electrons. The maximum absolute atomic E-state index is 12.4. The average molecular weight is 429 g/mol. The van der Waals surface area contributed by atoms with Crippen LogP contribution in [0.3, 0.4) is 0 Å². The fourth-order valence-electron chi connectivity index (χ4n) is 3.09. The predicted molar refractivity (Wildman–Crippen MR) is 103 cm³/mol. The lowest BCUT2D eigenvalue weighted by molar-refractivity contribution is -0.117. The molecular weight excluding hydrogens is 413 g/mol. The Morgan fingerprint density at radius 3 is 2.75 bits per heavy atom. The second-order valence-corrected chi connectivity index (χ2v) is 7.16. The SMILES string of the molecule is Cn1cc(-c2ccc(CN3C(=O)Cc4ccccc43)c(I)c2)cn1.